The molecule has 0 spiro atoms. The first-order valence-electron chi connectivity index (χ1n) is 21.0. The number of rotatable bonds is 12. The largest absolute Gasteiger partial charge is 0.458 e. The SMILES string of the molecule is CC[C@H]1OC(=O)[C@H](C)C(=O)[C@H](C)[C@@H](O[C@@H]2O[C@H](C)C[C@H](N(C)C)[C@H]2O)[C@](C)(OC)C[C@@H](C)C(=O)[C@H](C)[C@H]2N(CCCCCn3nnc(-c4ccccn4)n3)C(=O)O[C@]12C. The maximum absolute atomic E-state index is 14.7. The highest BCUT2D eigenvalue weighted by molar-refractivity contribution is 6.00. The number of aliphatic hydroxyl groups is 1. The van der Waals surface area contributed by atoms with E-state index in [4.69, 9.17) is 23.7 Å². The average molecular weight is 828 g/mol. The Kier molecular flexibility index (Phi) is 15.0. The predicted molar refractivity (Wildman–Crippen MR) is 214 cm³/mol. The van der Waals surface area contributed by atoms with E-state index in [1.54, 1.807) is 45.7 Å². The summed E-state index contributed by atoms with van der Waals surface area (Å²) in [5, 5.41) is 24.1. The highest BCUT2D eigenvalue weighted by Crippen LogP contribution is 2.43. The van der Waals surface area contributed by atoms with Gasteiger partial charge in [-0.1, -0.05) is 33.8 Å². The van der Waals surface area contributed by atoms with E-state index >= 15 is 0 Å². The highest BCUT2D eigenvalue weighted by atomic mass is 16.7. The number of carbonyl (C=O) groups excluding carboxylic acids is 4. The Balaban J connectivity index is 1.40. The number of likely N-dealkylation sites (N-methyl/N-ethyl adjacent to an activating group) is 1. The fourth-order valence-electron chi connectivity index (χ4n) is 9.36. The first kappa shape index (κ1) is 46.2. The van der Waals surface area contributed by atoms with Gasteiger partial charge >= 0.3 is 12.1 Å². The van der Waals surface area contributed by atoms with E-state index in [0.717, 1.165) is 0 Å². The lowest BCUT2D eigenvalue weighted by molar-refractivity contribution is -0.295. The highest BCUT2D eigenvalue weighted by Gasteiger charge is 2.60. The number of nitrogens with zero attached hydrogens (tertiary/aromatic N) is 7. The number of esters is 1. The minimum absolute atomic E-state index is 0.122. The van der Waals surface area contributed by atoms with Gasteiger partial charge in [0.2, 0.25) is 5.82 Å². The van der Waals surface area contributed by atoms with Crippen molar-refractivity contribution in [2.75, 3.05) is 27.7 Å². The summed E-state index contributed by atoms with van der Waals surface area (Å²) in [7, 11) is 5.23. The second kappa shape index (κ2) is 19.2. The Morgan fingerprint density at radius 1 is 0.983 bits per heavy atom. The van der Waals surface area contributed by atoms with Crippen LogP contribution in [0.25, 0.3) is 11.5 Å². The standard InChI is InChI=1S/C42H65N7O10/c1-12-31-42(8)35(48(40(54)59-42)20-16-13-17-21-49-45-37(44-46-49)29-18-14-15-19-43-29)26(4)32(50)24(2)23-41(7,55-11)36(27(5)33(51)28(6)38(53)57-31)58-39-34(52)30(47(9)10)22-25(3)56-39/h14-15,18-19,24-28,30-31,34-36,39,52H,12-13,16-17,20-23H2,1-11H3/t24-,25-,26+,27+,28-,30+,31-,34-,35-,36-,39+,41-,42-/m1/s1. The number of fused-ring (bicyclic) bond motifs is 1. The molecule has 5 heterocycles. The quantitative estimate of drug-likeness (QED) is 0.182. The van der Waals surface area contributed by atoms with Gasteiger partial charge in [0.25, 0.3) is 0 Å². The number of aromatic nitrogens is 5. The average Bonchev–Trinajstić information content (AvgIpc) is 3.79. The van der Waals surface area contributed by atoms with Gasteiger partial charge in [0.15, 0.2) is 17.7 Å². The van der Waals surface area contributed by atoms with Gasteiger partial charge in [-0.15, -0.1) is 10.2 Å². The summed E-state index contributed by atoms with van der Waals surface area (Å²) in [6.45, 7) is 14.7. The number of aryl methyl sites for hydroxylation is 1. The fraction of sp³-hybridized carbons (Fsp3) is 0.762. The molecule has 328 valence electrons. The van der Waals surface area contributed by atoms with Crippen LogP contribution in [0.1, 0.15) is 93.9 Å². The van der Waals surface area contributed by atoms with Crippen molar-refractivity contribution in [3.63, 3.8) is 0 Å². The first-order valence-corrected chi connectivity index (χ1v) is 21.0. The van der Waals surface area contributed by atoms with Gasteiger partial charge in [-0.05, 0) is 97.7 Å². The molecule has 13 atom stereocenters. The van der Waals surface area contributed by atoms with Crippen molar-refractivity contribution in [2.45, 2.75) is 154 Å². The van der Waals surface area contributed by atoms with Gasteiger partial charge in [0.05, 0.1) is 30.4 Å². The van der Waals surface area contributed by atoms with Crippen LogP contribution in [0.15, 0.2) is 24.4 Å². The van der Waals surface area contributed by atoms with Crippen LogP contribution in [0.2, 0.25) is 0 Å². The molecule has 17 heteroatoms. The molecule has 2 aromatic heterocycles. The van der Waals surface area contributed by atoms with Crippen molar-refractivity contribution in [1.82, 2.24) is 35.0 Å². The van der Waals surface area contributed by atoms with E-state index in [1.807, 2.05) is 51.0 Å². The van der Waals surface area contributed by atoms with Gasteiger partial charge < -0.3 is 38.6 Å². The number of ketones is 2. The third-order valence-corrected chi connectivity index (χ3v) is 12.8. The summed E-state index contributed by atoms with van der Waals surface area (Å²) in [5.41, 5.74) is -2.06. The number of Topliss-reactive ketones (excluding diaryl/α,β-unsaturated/α-hetero) is 2. The van der Waals surface area contributed by atoms with E-state index < -0.39 is 83.4 Å². The lowest BCUT2D eigenvalue weighted by Gasteiger charge is -2.47. The summed E-state index contributed by atoms with van der Waals surface area (Å²) in [4.78, 5) is 66.1. The Morgan fingerprint density at radius 3 is 2.34 bits per heavy atom. The second-order valence-electron chi connectivity index (χ2n) is 17.4. The van der Waals surface area contributed by atoms with Crippen LogP contribution in [-0.4, -0.2) is 145 Å². The molecule has 17 nitrogen and oxygen atoms in total. The predicted octanol–water partition coefficient (Wildman–Crippen LogP) is 4.11. The monoisotopic (exact) mass is 827 g/mol. The lowest BCUT2D eigenvalue weighted by Crippen LogP contribution is -2.60. The third-order valence-electron chi connectivity index (χ3n) is 12.8. The maximum atomic E-state index is 14.7. The molecule has 3 fully saturated rings. The number of hydrogen-bond acceptors (Lipinski definition) is 15. The number of pyridine rings is 1. The zero-order chi connectivity index (χ0) is 43.4. The summed E-state index contributed by atoms with van der Waals surface area (Å²) in [5.74, 6) is -4.57. The third kappa shape index (κ3) is 9.85. The summed E-state index contributed by atoms with van der Waals surface area (Å²) in [6.07, 6.45) is -0.459. The van der Waals surface area contributed by atoms with Gasteiger partial charge in [-0.2, -0.15) is 4.80 Å². The van der Waals surface area contributed by atoms with Crippen molar-refractivity contribution in [3.8, 4) is 11.5 Å². The van der Waals surface area contributed by atoms with Gasteiger partial charge in [-0.25, -0.2) is 4.79 Å². The van der Waals surface area contributed by atoms with Crippen LogP contribution in [0.4, 0.5) is 4.79 Å². The molecular weight excluding hydrogens is 763 g/mol. The van der Waals surface area contributed by atoms with Crippen LogP contribution in [0, 0.1) is 23.7 Å². The Hall–Kier alpha value is -3.90. The number of methoxy groups -OCH3 is 1. The molecule has 0 bridgehead atoms. The van der Waals surface area contributed by atoms with Crippen LogP contribution in [-0.2, 0) is 44.6 Å². The molecule has 5 rings (SSSR count). The molecule has 1 N–H and O–H groups in total. The lowest BCUT2D eigenvalue weighted by atomic mass is 9.73. The Labute approximate surface area is 347 Å². The molecule has 3 saturated heterocycles. The van der Waals surface area contributed by atoms with Crippen LogP contribution >= 0.6 is 0 Å². The molecule has 0 unspecified atom stereocenters. The molecule has 0 saturated carbocycles. The van der Waals surface area contributed by atoms with Crippen molar-refractivity contribution in [1.29, 1.82) is 0 Å². The zero-order valence-corrected chi connectivity index (χ0v) is 36.6. The number of carbonyl (C=O) groups is 4. The molecular formula is C42H65N7O10. The number of ether oxygens (including phenoxy) is 5. The van der Waals surface area contributed by atoms with E-state index in [2.05, 4.69) is 20.4 Å². The summed E-state index contributed by atoms with van der Waals surface area (Å²) >= 11 is 0. The summed E-state index contributed by atoms with van der Waals surface area (Å²) < 4.78 is 31.2. The maximum Gasteiger partial charge on any atom is 0.410 e. The Morgan fingerprint density at radius 2 is 1.69 bits per heavy atom. The summed E-state index contributed by atoms with van der Waals surface area (Å²) in [6, 6.07) is 4.40. The molecule has 3 aliphatic heterocycles. The van der Waals surface area contributed by atoms with Gasteiger partial charge in [0.1, 0.15) is 29.6 Å². The molecule has 0 aliphatic carbocycles. The molecule has 3 aliphatic rings. The number of amides is 1. The van der Waals surface area contributed by atoms with Crippen molar-refractivity contribution in [3.05, 3.63) is 24.4 Å². The van der Waals surface area contributed by atoms with E-state index in [0.29, 0.717) is 43.7 Å². The van der Waals surface area contributed by atoms with E-state index in [9.17, 15) is 24.3 Å². The fourth-order valence-corrected chi connectivity index (χ4v) is 9.36. The number of tetrazole rings is 1. The molecule has 0 radical (unpaired) electrons. The van der Waals surface area contributed by atoms with Crippen molar-refractivity contribution < 1.29 is 48.0 Å². The topological polar surface area (TPSA) is 198 Å². The number of aliphatic hydroxyl groups excluding tert-OH is 1. The van der Waals surface area contributed by atoms with Crippen molar-refractivity contribution in [2.24, 2.45) is 23.7 Å². The van der Waals surface area contributed by atoms with Crippen LogP contribution in [0.3, 0.4) is 0 Å². The van der Waals surface area contributed by atoms with Crippen molar-refractivity contribution >= 4 is 23.6 Å². The smallest absolute Gasteiger partial charge is 0.410 e. The van der Waals surface area contributed by atoms with E-state index in [-0.39, 0.29) is 37.3 Å². The van der Waals surface area contributed by atoms with Gasteiger partial charge in [-0.3, -0.25) is 19.4 Å². The van der Waals surface area contributed by atoms with Crippen LogP contribution < -0.4 is 0 Å². The van der Waals surface area contributed by atoms with E-state index in [1.165, 1.54) is 18.8 Å². The number of unbranched alkanes of at least 4 members (excludes halogenated alkanes) is 2. The molecule has 2 aromatic rings. The normalized spacial score (nSPS) is 36.3. The zero-order valence-electron chi connectivity index (χ0n) is 36.6. The minimum atomic E-state index is -1.41. The number of hydrogen-bond donors (Lipinski definition) is 1. The minimum Gasteiger partial charge on any atom is -0.458 e. The second-order valence-corrected chi connectivity index (χ2v) is 17.4. The van der Waals surface area contributed by atoms with Gasteiger partial charge in [0, 0.05) is 43.6 Å². The molecule has 1 amide bonds. The molecule has 59 heavy (non-hydrogen) atoms. The van der Waals surface area contributed by atoms with Crippen LogP contribution in [0.5, 0.6) is 0 Å². The first-order chi connectivity index (χ1) is 27.9. The molecule has 0 aromatic carbocycles. The Bertz CT molecular complexity index is 1760. The number of cyclic esters (lactones) is 1.